The zero-order valence-corrected chi connectivity index (χ0v) is 7.59. The first kappa shape index (κ1) is 8.06. The molecule has 0 amide bonds. The van der Waals surface area contributed by atoms with Gasteiger partial charge in [-0.1, -0.05) is 6.92 Å². The summed E-state index contributed by atoms with van der Waals surface area (Å²) in [6.07, 6.45) is 2.73. The van der Waals surface area contributed by atoms with Gasteiger partial charge in [0.25, 0.3) is 0 Å². The molecule has 1 nitrogen and oxygen atoms in total. The van der Waals surface area contributed by atoms with Crippen LogP contribution in [0.5, 0.6) is 0 Å². The fourth-order valence-corrected chi connectivity index (χ4v) is 2.17. The smallest absolute Gasteiger partial charge is 0.0113 e. The topological polar surface area (TPSA) is 3.24 Å². The Kier molecular flexibility index (Phi) is 2.35. The minimum atomic E-state index is 0.744. The summed E-state index contributed by atoms with van der Waals surface area (Å²) in [5.41, 5.74) is 0. The van der Waals surface area contributed by atoms with Gasteiger partial charge in [0, 0.05) is 18.1 Å². The minimum absolute atomic E-state index is 0.744. The lowest BCUT2D eigenvalue weighted by molar-refractivity contribution is -0.00494. The Hall–Kier alpha value is -0.0400. The Balaban J connectivity index is 2.40. The normalized spacial score (nSPS) is 34.5. The van der Waals surface area contributed by atoms with Crippen molar-refractivity contribution in [3.05, 3.63) is 0 Å². The molecule has 0 aromatic heterocycles. The molecule has 0 aromatic carbocycles. The van der Waals surface area contributed by atoms with Crippen molar-refractivity contribution in [2.45, 2.75) is 58.7 Å². The summed E-state index contributed by atoms with van der Waals surface area (Å²) in [5, 5.41) is 0. The molecule has 0 aliphatic carbocycles. The highest BCUT2D eigenvalue weighted by molar-refractivity contribution is 4.90. The molecule has 1 aliphatic rings. The van der Waals surface area contributed by atoms with Gasteiger partial charge in [0.15, 0.2) is 0 Å². The van der Waals surface area contributed by atoms with Gasteiger partial charge in [0.2, 0.25) is 0 Å². The second kappa shape index (κ2) is 2.91. The molecule has 10 heavy (non-hydrogen) atoms. The molecular weight excluding hydrogens is 122 g/mol. The number of rotatable bonds is 2. The molecule has 1 heteroatoms. The van der Waals surface area contributed by atoms with Crippen molar-refractivity contribution < 1.29 is 0 Å². The monoisotopic (exact) mass is 141 g/mol. The van der Waals surface area contributed by atoms with Crippen LogP contribution in [0.15, 0.2) is 0 Å². The molecule has 1 fully saturated rings. The van der Waals surface area contributed by atoms with Gasteiger partial charge in [0.05, 0.1) is 0 Å². The van der Waals surface area contributed by atoms with Gasteiger partial charge in [-0.2, -0.15) is 0 Å². The van der Waals surface area contributed by atoms with E-state index in [4.69, 9.17) is 0 Å². The van der Waals surface area contributed by atoms with Crippen LogP contribution in [0, 0.1) is 0 Å². The molecule has 0 saturated carbocycles. The third-order valence-electron chi connectivity index (χ3n) is 2.61. The van der Waals surface area contributed by atoms with Crippen LogP contribution in [0.2, 0.25) is 0 Å². The molecule has 0 N–H and O–H groups in total. The van der Waals surface area contributed by atoms with Crippen molar-refractivity contribution in [2.24, 2.45) is 0 Å². The van der Waals surface area contributed by atoms with Crippen LogP contribution in [0.3, 0.4) is 0 Å². The van der Waals surface area contributed by atoms with E-state index in [9.17, 15) is 0 Å². The fourth-order valence-electron chi connectivity index (χ4n) is 2.17. The van der Waals surface area contributed by atoms with E-state index in [1.807, 2.05) is 0 Å². The summed E-state index contributed by atoms with van der Waals surface area (Å²) in [7, 11) is 0. The molecular formula is C9H19N. The van der Waals surface area contributed by atoms with E-state index in [1.54, 1.807) is 0 Å². The number of likely N-dealkylation sites (tertiary alicyclic amines) is 1. The average Bonchev–Trinajstić information content (AvgIpc) is 1.80. The van der Waals surface area contributed by atoms with E-state index in [0.717, 1.165) is 18.1 Å². The molecule has 0 radical (unpaired) electrons. The summed E-state index contributed by atoms with van der Waals surface area (Å²) in [6.45, 7) is 9.19. The van der Waals surface area contributed by atoms with Crippen LogP contribution >= 0.6 is 0 Å². The molecule has 0 bridgehead atoms. The predicted molar refractivity (Wildman–Crippen MR) is 45.1 cm³/mol. The maximum Gasteiger partial charge on any atom is 0.0113 e. The molecule has 1 saturated heterocycles. The van der Waals surface area contributed by atoms with Crippen molar-refractivity contribution in [1.29, 1.82) is 0 Å². The lowest BCUT2D eigenvalue weighted by atomic mass is 9.90. The standard InChI is InChI=1S/C9H19N/c1-5-9-6-8(4)10(9)7(2)3/h7-9H,5-6H2,1-4H3. The lowest BCUT2D eigenvalue weighted by Crippen LogP contribution is -2.57. The van der Waals surface area contributed by atoms with Crippen molar-refractivity contribution in [3.8, 4) is 0 Å². The Labute approximate surface area is 64.4 Å². The molecule has 2 atom stereocenters. The summed E-state index contributed by atoms with van der Waals surface area (Å²) in [5.74, 6) is 0. The molecule has 0 aromatic rings. The second-order valence-corrected chi connectivity index (χ2v) is 3.69. The fraction of sp³-hybridized carbons (Fsp3) is 1.00. The molecule has 1 rings (SSSR count). The lowest BCUT2D eigenvalue weighted by Gasteiger charge is -2.49. The zero-order chi connectivity index (χ0) is 7.72. The van der Waals surface area contributed by atoms with Gasteiger partial charge in [-0.25, -0.2) is 0 Å². The third-order valence-corrected chi connectivity index (χ3v) is 2.61. The molecule has 60 valence electrons. The Bertz CT molecular complexity index is 105. The van der Waals surface area contributed by atoms with Gasteiger partial charge in [0.1, 0.15) is 0 Å². The third kappa shape index (κ3) is 1.20. The summed E-state index contributed by atoms with van der Waals surface area (Å²) in [6, 6.07) is 2.47. The SMILES string of the molecule is CCC1CC(C)N1C(C)C. The van der Waals surface area contributed by atoms with Crippen molar-refractivity contribution in [3.63, 3.8) is 0 Å². The van der Waals surface area contributed by atoms with Gasteiger partial charge in [-0.3, -0.25) is 4.90 Å². The van der Waals surface area contributed by atoms with E-state index < -0.39 is 0 Å². The molecule has 1 heterocycles. The second-order valence-electron chi connectivity index (χ2n) is 3.69. The van der Waals surface area contributed by atoms with Gasteiger partial charge < -0.3 is 0 Å². The Morgan fingerprint density at radius 3 is 2.30 bits per heavy atom. The maximum absolute atomic E-state index is 2.61. The minimum Gasteiger partial charge on any atom is -0.295 e. The number of nitrogens with zero attached hydrogens (tertiary/aromatic N) is 1. The molecule has 2 unspecified atom stereocenters. The highest BCUT2D eigenvalue weighted by atomic mass is 15.3. The van der Waals surface area contributed by atoms with Crippen LogP contribution < -0.4 is 0 Å². The van der Waals surface area contributed by atoms with Gasteiger partial charge in [-0.05, 0) is 33.6 Å². The predicted octanol–water partition coefficient (Wildman–Crippen LogP) is 2.27. The van der Waals surface area contributed by atoms with Crippen LogP contribution in [-0.4, -0.2) is 23.0 Å². The van der Waals surface area contributed by atoms with Gasteiger partial charge in [-0.15, -0.1) is 0 Å². The van der Waals surface area contributed by atoms with Crippen molar-refractivity contribution >= 4 is 0 Å². The quantitative estimate of drug-likeness (QED) is 0.570. The largest absolute Gasteiger partial charge is 0.295 e. The Morgan fingerprint density at radius 1 is 1.50 bits per heavy atom. The van der Waals surface area contributed by atoms with E-state index >= 15 is 0 Å². The van der Waals surface area contributed by atoms with E-state index in [2.05, 4.69) is 32.6 Å². The van der Waals surface area contributed by atoms with E-state index in [1.165, 1.54) is 12.8 Å². The number of hydrogen-bond acceptors (Lipinski definition) is 1. The zero-order valence-electron chi connectivity index (χ0n) is 7.59. The highest BCUT2D eigenvalue weighted by Crippen LogP contribution is 2.29. The van der Waals surface area contributed by atoms with Crippen LogP contribution in [0.25, 0.3) is 0 Å². The summed E-state index contributed by atoms with van der Waals surface area (Å²) < 4.78 is 0. The van der Waals surface area contributed by atoms with Crippen LogP contribution in [-0.2, 0) is 0 Å². The summed E-state index contributed by atoms with van der Waals surface area (Å²) in [4.78, 5) is 2.61. The Morgan fingerprint density at radius 2 is 2.10 bits per heavy atom. The van der Waals surface area contributed by atoms with E-state index in [0.29, 0.717) is 0 Å². The first-order valence-electron chi connectivity index (χ1n) is 4.44. The summed E-state index contributed by atoms with van der Waals surface area (Å²) >= 11 is 0. The maximum atomic E-state index is 2.61. The van der Waals surface area contributed by atoms with Gasteiger partial charge >= 0.3 is 0 Å². The highest BCUT2D eigenvalue weighted by Gasteiger charge is 2.34. The van der Waals surface area contributed by atoms with Crippen molar-refractivity contribution in [1.82, 2.24) is 4.90 Å². The van der Waals surface area contributed by atoms with Crippen LogP contribution in [0.1, 0.15) is 40.5 Å². The molecule has 0 spiro atoms. The number of hydrogen-bond donors (Lipinski definition) is 0. The van der Waals surface area contributed by atoms with Crippen molar-refractivity contribution in [2.75, 3.05) is 0 Å². The first-order valence-corrected chi connectivity index (χ1v) is 4.44. The molecule has 1 aliphatic heterocycles. The van der Waals surface area contributed by atoms with E-state index in [-0.39, 0.29) is 0 Å². The first-order chi connectivity index (χ1) is 4.66. The van der Waals surface area contributed by atoms with Crippen LogP contribution in [0.4, 0.5) is 0 Å². The average molecular weight is 141 g/mol.